The number of allylic oxidation sites excluding steroid dienone is 3. The lowest BCUT2D eigenvalue weighted by Crippen LogP contribution is -2.49. The molecule has 2 atom stereocenters. The maximum atomic E-state index is 13.8. The zero-order chi connectivity index (χ0) is 25.5. The minimum atomic E-state index is -5.08. The lowest BCUT2D eigenvalue weighted by Gasteiger charge is -2.37. The van der Waals surface area contributed by atoms with Gasteiger partial charge in [0.05, 0.1) is 18.2 Å². The SMILES string of the molecule is Cn1nnc(N(Cc2cc(C(F)(F)F)cc(C(F)(F)F)c2)CC2C=CC=CC2(Br)C(F)(F)F)n1. The first-order chi connectivity index (χ1) is 15.5. The normalized spacial score (nSPS) is 21.2. The van der Waals surface area contributed by atoms with Crippen molar-refractivity contribution in [1.82, 2.24) is 20.2 Å². The molecular weight excluding hydrogens is 549 g/mol. The Morgan fingerprint density at radius 2 is 1.56 bits per heavy atom. The predicted octanol–water partition coefficient (Wildman–Crippen LogP) is 5.69. The van der Waals surface area contributed by atoms with Crippen LogP contribution >= 0.6 is 15.9 Å². The first kappa shape index (κ1) is 26.0. The molecule has 34 heavy (non-hydrogen) atoms. The monoisotopic (exact) mass is 563 g/mol. The number of anilines is 1. The van der Waals surface area contributed by atoms with E-state index in [-0.39, 0.29) is 12.0 Å². The number of benzene rings is 1. The highest BCUT2D eigenvalue weighted by Gasteiger charge is 2.56. The fourth-order valence-corrected chi connectivity index (χ4v) is 3.79. The van der Waals surface area contributed by atoms with Gasteiger partial charge in [-0.3, -0.25) is 0 Å². The zero-order valence-electron chi connectivity index (χ0n) is 17.0. The van der Waals surface area contributed by atoms with E-state index < -0.39 is 58.6 Å². The second-order valence-corrected chi connectivity index (χ2v) is 8.80. The Hall–Kier alpha value is -2.58. The topological polar surface area (TPSA) is 46.8 Å². The first-order valence-corrected chi connectivity index (χ1v) is 10.2. The summed E-state index contributed by atoms with van der Waals surface area (Å²) < 4.78 is 118. The number of aromatic nitrogens is 4. The summed E-state index contributed by atoms with van der Waals surface area (Å²) in [5, 5.41) is 11.1. The average molecular weight is 564 g/mol. The van der Waals surface area contributed by atoms with Gasteiger partial charge in [0.1, 0.15) is 4.32 Å². The molecule has 3 rings (SSSR count). The third kappa shape index (κ3) is 5.55. The fourth-order valence-electron chi connectivity index (χ4n) is 3.34. The van der Waals surface area contributed by atoms with Crippen LogP contribution in [-0.4, -0.2) is 37.3 Å². The molecule has 0 spiro atoms. The Morgan fingerprint density at radius 3 is 2.03 bits per heavy atom. The molecule has 186 valence electrons. The van der Waals surface area contributed by atoms with Crippen LogP contribution in [0.25, 0.3) is 0 Å². The van der Waals surface area contributed by atoms with Gasteiger partial charge in [-0.1, -0.05) is 45.3 Å². The number of nitrogens with zero attached hydrogens (tertiary/aromatic N) is 5. The van der Waals surface area contributed by atoms with E-state index in [9.17, 15) is 39.5 Å². The van der Waals surface area contributed by atoms with E-state index in [2.05, 4.69) is 31.3 Å². The number of alkyl halides is 10. The van der Waals surface area contributed by atoms with Crippen molar-refractivity contribution in [3.05, 3.63) is 59.2 Å². The van der Waals surface area contributed by atoms with Gasteiger partial charge in [0.2, 0.25) is 0 Å². The van der Waals surface area contributed by atoms with Crippen molar-refractivity contribution >= 4 is 21.9 Å². The summed E-state index contributed by atoms with van der Waals surface area (Å²) >= 11 is 2.70. The molecule has 0 fully saturated rings. The van der Waals surface area contributed by atoms with Gasteiger partial charge in [0.15, 0.2) is 0 Å². The van der Waals surface area contributed by atoms with Crippen LogP contribution in [0.5, 0.6) is 0 Å². The van der Waals surface area contributed by atoms with Gasteiger partial charge in [-0.05, 0) is 29.0 Å². The lowest BCUT2D eigenvalue weighted by molar-refractivity contribution is -0.153. The number of rotatable bonds is 5. The highest BCUT2D eigenvalue weighted by Crippen LogP contribution is 2.47. The van der Waals surface area contributed by atoms with Gasteiger partial charge >= 0.3 is 18.5 Å². The fraction of sp³-hybridized carbons (Fsp3) is 0.421. The third-order valence-corrected chi connectivity index (χ3v) is 6.29. The van der Waals surface area contributed by atoms with Crippen LogP contribution in [0.4, 0.5) is 45.5 Å². The Labute approximate surface area is 195 Å². The first-order valence-electron chi connectivity index (χ1n) is 9.39. The second kappa shape index (κ2) is 8.89. The smallest absolute Gasteiger partial charge is 0.333 e. The van der Waals surface area contributed by atoms with Crippen molar-refractivity contribution in [2.75, 3.05) is 11.4 Å². The minimum absolute atomic E-state index is 0.0315. The van der Waals surface area contributed by atoms with Gasteiger partial charge in [-0.2, -0.15) is 44.3 Å². The van der Waals surface area contributed by atoms with E-state index in [1.807, 2.05) is 0 Å². The standard InChI is InChI=1S/C19H15BrF9N5/c1-33-31-15(30-32-33)34(10-12-4-2-3-5-16(12,20)19(27,28)29)9-11-6-13(17(21,22)23)8-14(7-11)18(24,25)26/h2-8,12H,9-10H2,1H3. The Morgan fingerprint density at radius 1 is 0.971 bits per heavy atom. The summed E-state index contributed by atoms with van der Waals surface area (Å²) in [6.07, 6.45) is -10.3. The summed E-state index contributed by atoms with van der Waals surface area (Å²) in [6, 6.07) is 0.969. The molecule has 5 nitrogen and oxygen atoms in total. The van der Waals surface area contributed by atoms with Gasteiger partial charge in [-0.15, -0.1) is 5.10 Å². The molecule has 1 aromatic heterocycles. The summed E-state index contributed by atoms with van der Waals surface area (Å²) in [5.41, 5.74) is -3.54. The molecule has 1 heterocycles. The van der Waals surface area contributed by atoms with E-state index >= 15 is 0 Å². The third-order valence-electron chi connectivity index (χ3n) is 4.99. The zero-order valence-corrected chi connectivity index (χ0v) is 18.6. The number of tetrazole rings is 1. The molecule has 0 saturated heterocycles. The number of aryl methyl sites for hydroxylation is 1. The molecule has 0 radical (unpaired) electrons. The van der Waals surface area contributed by atoms with Gasteiger partial charge in [0, 0.05) is 19.0 Å². The van der Waals surface area contributed by atoms with E-state index in [0.717, 1.165) is 15.8 Å². The van der Waals surface area contributed by atoms with E-state index in [1.165, 1.54) is 25.3 Å². The molecule has 0 N–H and O–H groups in total. The van der Waals surface area contributed by atoms with Crippen LogP contribution in [0.15, 0.2) is 42.5 Å². The Kier molecular flexibility index (Phi) is 6.81. The average Bonchev–Trinajstić information content (AvgIpc) is 3.13. The second-order valence-electron chi connectivity index (χ2n) is 7.49. The lowest BCUT2D eigenvalue weighted by atomic mass is 9.87. The molecule has 1 aliphatic rings. The molecule has 2 aromatic rings. The number of halogens is 10. The van der Waals surface area contributed by atoms with E-state index in [0.29, 0.717) is 12.1 Å². The Balaban J connectivity index is 2.04. The van der Waals surface area contributed by atoms with Crippen LogP contribution in [-0.2, 0) is 25.9 Å². The molecule has 1 aliphatic carbocycles. The van der Waals surface area contributed by atoms with Gasteiger partial charge in [-0.25, -0.2) is 0 Å². The van der Waals surface area contributed by atoms with Gasteiger partial charge < -0.3 is 4.90 Å². The van der Waals surface area contributed by atoms with Crippen molar-refractivity contribution in [3.63, 3.8) is 0 Å². The molecule has 0 saturated carbocycles. The van der Waals surface area contributed by atoms with Crippen molar-refractivity contribution in [2.45, 2.75) is 29.4 Å². The minimum Gasteiger partial charge on any atom is -0.333 e. The number of hydrogen-bond acceptors (Lipinski definition) is 4. The summed E-state index contributed by atoms with van der Waals surface area (Å²) in [4.78, 5) is 2.00. The van der Waals surface area contributed by atoms with Crippen molar-refractivity contribution in [1.29, 1.82) is 0 Å². The summed E-state index contributed by atoms with van der Waals surface area (Å²) in [6.45, 7) is -1.15. The Bertz CT molecular complexity index is 1050. The highest BCUT2D eigenvalue weighted by molar-refractivity contribution is 9.10. The van der Waals surface area contributed by atoms with Crippen LogP contribution in [0, 0.1) is 5.92 Å². The molecule has 15 heteroatoms. The van der Waals surface area contributed by atoms with Crippen molar-refractivity contribution in [2.24, 2.45) is 13.0 Å². The molecule has 2 unspecified atom stereocenters. The van der Waals surface area contributed by atoms with Crippen LogP contribution < -0.4 is 4.90 Å². The summed E-state index contributed by atoms with van der Waals surface area (Å²) in [7, 11) is 1.34. The van der Waals surface area contributed by atoms with Gasteiger partial charge in [0.25, 0.3) is 5.95 Å². The maximum absolute atomic E-state index is 13.8. The number of hydrogen-bond donors (Lipinski definition) is 0. The van der Waals surface area contributed by atoms with Crippen molar-refractivity contribution < 1.29 is 39.5 Å². The molecule has 0 amide bonds. The molecular formula is C19H15BrF9N5. The van der Waals surface area contributed by atoms with Crippen LogP contribution in [0.1, 0.15) is 16.7 Å². The highest BCUT2D eigenvalue weighted by atomic mass is 79.9. The molecule has 1 aromatic carbocycles. The van der Waals surface area contributed by atoms with E-state index in [1.54, 1.807) is 0 Å². The quantitative estimate of drug-likeness (QED) is 0.346. The van der Waals surface area contributed by atoms with Crippen LogP contribution in [0.2, 0.25) is 0 Å². The molecule has 0 bridgehead atoms. The van der Waals surface area contributed by atoms with Crippen molar-refractivity contribution in [3.8, 4) is 0 Å². The largest absolute Gasteiger partial charge is 0.416 e. The molecule has 0 aliphatic heterocycles. The maximum Gasteiger partial charge on any atom is 0.416 e. The van der Waals surface area contributed by atoms with E-state index in [4.69, 9.17) is 0 Å². The summed E-state index contributed by atoms with van der Waals surface area (Å²) in [5.74, 6) is -1.59. The van der Waals surface area contributed by atoms with Crippen LogP contribution in [0.3, 0.4) is 0 Å². The predicted molar refractivity (Wildman–Crippen MR) is 106 cm³/mol.